The zero-order valence-corrected chi connectivity index (χ0v) is 11.9. The number of phenolic OH excluding ortho intramolecular Hbond substituents is 1. The van der Waals surface area contributed by atoms with Gasteiger partial charge in [0.1, 0.15) is 17.1 Å². The van der Waals surface area contributed by atoms with E-state index in [4.69, 9.17) is 16.3 Å². The van der Waals surface area contributed by atoms with Crippen molar-refractivity contribution in [3.8, 4) is 11.5 Å². The van der Waals surface area contributed by atoms with Crippen LogP contribution in [0.4, 0.5) is 5.69 Å². The maximum Gasteiger partial charge on any atom is 0.263 e. The molecule has 0 saturated heterocycles. The van der Waals surface area contributed by atoms with Crippen molar-refractivity contribution < 1.29 is 14.6 Å². The van der Waals surface area contributed by atoms with E-state index in [0.29, 0.717) is 16.5 Å². The number of hydrogen-bond acceptors (Lipinski definition) is 3. The molecule has 0 aromatic heterocycles. The van der Waals surface area contributed by atoms with Crippen LogP contribution in [0.1, 0.15) is 15.9 Å². The van der Waals surface area contributed by atoms with Crippen LogP contribution in [-0.2, 0) is 0 Å². The minimum atomic E-state index is -0.453. The number of rotatable bonds is 3. The van der Waals surface area contributed by atoms with Crippen LogP contribution >= 0.6 is 11.6 Å². The Morgan fingerprint density at radius 3 is 2.65 bits per heavy atom. The number of hydrogen-bond donors (Lipinski definition) is 2. The van der Waals surface area contributed by atoms with E-state index < -0.39 is 5.91 Å². The Balaban J connectivity index is 2.36. The van der Waals surface area contributed by atoms with Crippen molar-refractivity contribution in [2.24, 2.45) is 0 Å². The summed E-state index contributed by atoms with van der Waals surface area (Å²) in [5, 5.41) is 13.1. The molecule has 104 valence electrons. The lowest BCUT2D eigenvalue weighted by atomic mass is 10.1. The number of carbonyl (C=O) groups excluding carboxylic acids is 1. The summed E-state index contributed by atoms with van der Waals surface area (Å²) in [5.74, 6) is -0.283. The van der Waals surface area contributed by atoms with Gasteiger partial charge in [-0.15, -0.1) is 0 Å². The number of benzene rings is 2. The van der Waals surface area contributed by atoms with Crippen LogP contribution in [-0.4, -0.2) is 18.1 Å². The first-order valence-electron chi connectivity index (χ1n) is 5.97. The largest absolute Gasteiger partial charge is 0.507 e. The Morgan fingerprint density at radius 1 is 1.25 bits per heavy atom. The average molecular weight is 292 g/mol. The first-order valence-corrected chi connectivity index (χ1v) is 6.35. The van der Waals surface area contributed by atoms with Crippen LogP contribution in [0.15, 0.2) is 36.4 Å². The van der Waals surface area contributed by atoms with E-state index in [1.165, 1.54) is 13.2 Å². The normalized spacial score (nSPS) is 10.2. The quantitative estimate of drug-likeness (QED) is 0.908. The predicted octanol–water partition coefficient (Wildman–Crippen LogP) is 3.61. The summed E-state index contributed by atoms with van der Waals surface area (Å²) in [5.41, 5.74) is 1.44. The van der Waals surface area contributed by atoms with Gasteiger partial charge in [0.05, 0.1) is 7.11 Å². The number of phenols is 1. The van der Waals surface area contributed by atoms with Gasteiger partial charge in [0.15, 0.2) is 0 Å². The molecule has 0 atom stereocenters. The van der Waals surface area contributed by atoms with Gasteiger partial charge < -0.3 is 15.2 Å². The van der Waals surface area contributed by atoms with Crippen molar-refractivity contribution in [2.75, 3.05) is 12.4 Å². The molecular weight excluding hydrogens is 278 g/mol. The zero-order chi connectivity index (χ0) is 14.7. The number of ether oxygens (including phenoxy) is 1. The molecule has 0 fully saturated rings. The van der Waals surface area contributed by atoms with Crippen LogP contribution < -0.4 is 10.1 Å². The molecule has 2 aromatic rings. The molecule has 1 amide bonds. The highest BCUT2D eigenvalue weighted by molar-refractivity contribution is 6.31. The van der Waals surface area contributed by atoms with Crippen molar-refractivity contribution in [1.82, 2.24) is 0 Å². The smallest absolute Gasteiger partial charge is 0.263 e. The SMILES string of the molecule is COc1cccc(O)c1C(=O)Nc1cccc(Cl)c1C. The highest BCUT2D eigenvalue weighted by Crippen LogP contribution is 2.29. The summed E-state index contributed by atoms with van der Waals surface area (Å²) < 4.78 is 5.09. The third-order valence-corrected chi connectivity index (χ3v) is 3.38. The number of carbonyl (C=O) groups is 1. The highest BCUT2D eigenvalue weighted by Gasteiger charge is 2.18. The molecular formula is C15H14ClNO3. The lowest BCUT2D eigenvalue weighted by Gasteiger charge is -2.12. The van der Waals surface area contributed by atoms with Crippen LogP contribution in [0.3, 0.4) is 0 Å². The van der Waals surface area contributed by atoms with E-state index in [2.05, 4.69) is 5.32 Å². The summed E-state index contributed by atoms with van der Waals surface area (Å²) >= 11 is 6.01. The van der Waals surface area contributed by atoms with E-state index in [0.717, 1.165) is 5.56 Å². The topological polar surface area (TPSA) is 58.6 Å². The fourth-order valence-electron chi connectivity index (χ4n) is 1.85. The van der Waals surface area contributed by atoms with E-state index in [1.807, 2.05) is 0 Å². The fraction of sp³-hybridized carbons (Fsp3) is 0.133. The van der Waals surface area contributed by atoms with E-state index >= 15 is 0 Å². The molecule has 0 aliphatic heterocycles. The maximum atomic E-state index is 12.3. The minimum Gasteiger partial charge on any atom is -0.507 e. The summed E-state index contributed by atoms with van der Waals surface area (Å²) in [7, 11) is 1.44. The molecule has 0 aliphatic rings. The molecule has 0 aliphatic carbocycles. The molecule has 0 spiro atoms. The van der Waals surface area contributed by atoms with Crippen molar-refractivity contribution in [3.63, 3.8) is 0 Å². The standard InChI is InChI=1S/C15H14ClNO3/c1-9-10(16)5-3-6-11(9)17-15(19)14-12(18)7-4-8-13(14)20-2/h3-8,18H,1-2H3,(H,17,19). The van der Waals surface area contributed by atoms with Crippen LogP contribution in [0.25, 0.3) is 0 Å². The van der Waals surface area contributed by atoms with Gasteiger partial charge in [-0.05, 0) is 36.8 Å². The molecule has 20 heavy (non-hydrogen) atoms. The fourth-order valence-corrected chi connectivity index (χ4v) is 2.02. The number of nitrogens with one attached hydrogen (secondary N) is 1. The van der Waals surface area contributed by atoms with Gasteiger partial charge in [0.25, 0.3) is 5.91 Å². The molecule has 0 bridgehead atoms. The Bertz CT molecular complexity index is 656. The van der Waals surface area contributed by atoms with Gasteiger partial charge in [0, 0.05) is 10.7 Å². The summed E-state index contributed by atoms with van der Waals surface area (Å²) in [6.45, 7) is 1.81. The van der Waals surface area contributed by atoms with Gasteiger partial charge in [-0.25, -0.2) is 0 Å². The molecule has 0 heterocycles. The Morgan fingerprint density at radius 2 is 1.95 bits per heavy atom. The Labute approximate surface area is 122 Å². The number of methoxy groups -OCH3 is 1. The van der Waals surface area contributed by atoms with Gasteiger partial charge in [0.2, 0.25) is 0 Å². The van der Waals surface area contributed by atoms with Gasteiger partial charge in [-0.2, -0.15) is 0 Å². The maximum absolute atomic E-state index is 12.3. The summed E-state index contributed by atoms with van der Waals surface area (Å²) in [6.07, 6.45) is 0. The van der Waals surface area contributed by atoms with E-state index in [-0.39, 0.29) is 11.3 Å². The van der Waals surface area contributed by atoms with Crippen LogP contribution in [0.5, 0.6) is 11.5 Å². The van der Waals surface area contributed by atoms with Crippen molar-refractivity contribution in [3.05, 3.63) is 52.5 Å². The molecule has 0 unspecified atom stereocenters. The lowest BCUT2D eigenvalue weighted by Crippen LogP contribution is -2.14. The number of halogens is 1. The second-order valence-electron chi connectivity index (χ2n) is 4.22. The highest BCUT2D eigenvalue weighted by atomic mass is 35.5. The first kappa shape index (κ1) is 14.2. The van der Waals surface area contributed by atoms with Crippen LogP contribution in [0, 0.1) is 6.92 Å². The second kappa shape index (κ2) is 5.84. The molecule has 2 rings (SSSR count). The van der Waals surface area contributed by atoms with Gasteiger partial charge in [-0.1, -0.05) is 23.7 Å². The van der Waals surface area contributed by atoms with Crippen molar-refractivity contribution in [1.29, 1.82) is 0 Å². The van der Waals surface area contributed by atoms with E-state index in [1.54, 1.807) is 37.3 Å². The molecule has 0 radical (unpaired) electrons. The molecule has 4 nitrogen and oxygen atoms in total. The monoisotopic (exact) mass is 291 g/mol. The van der Waals surface area contributed by atoms with Crippen molar-refractivity contribution >= 4 is 23.2 Å². The van der Waals surface area contributed by atoms with Crippen LogP contribution in [0.2, 0.25) is 5.02 Å². The van der Waals surface area contributed by atoms with Gasteiger partial charge in [-0.3, -0.25) is 4.79 Å². The van der Waals surface area contributed by atoms with E-state index in [9.17, 15) is 9.90 Å². The van der Waals surface area contributed by atoms with Crippen molar-refractivity contribution in [2.45, 2.75) is 6.92 Å². The third-order valence-electron chi connectivity index (χ3n) is 2.97. The molecule has 0 saturated carbocycles. The summed E-state index contributed by atoms with van der Waals surface area (Å²) in [6, 6.07) is 9.88. The Hall–Kier alpha value is -2.20. The Kier molecular flexibility index (Phi) is 4.15. The number of anilines is 1. The molecule has 2 aromatic carbocycles. The molecule has 5 heteroatoms. The predicted molar refractivity (Wildman–Crippen MR) is 78.8 cm³/mol. The average Bonchev–Trinajstić information content (AvgIpc) is 2.43. The number of amides is 1. The second-order valence-corrected chi connectivity index (χ2v) is 4.63. The first-order chi connectivity index (χ1) is 9.54. The summed E-state index contributed by atoms with van der Waals surface area (Å²) in [4.78, 5) is 12.3. The van der Waals surface area contributed by atoms with Gasteiger partial charge >= 0.3 is 0 Å². The zero-order valence-electron chi connectivity index (χ0n) is 11.1. The minimum absolute atomic E-state index is 0.0920. The number of aromatic hydroxyl groups is 1. The molecule has 2 N–H and O–H groups in total. The lowest BCUT2D eigenvalue weighted by molar-refractivity contribution is 0.102. The third kappa shape index (κ3) is 2.70.